The maximum Gasteiger partial charge on any atom is 0.250 e. The van der Waals surface area contributed by atoms with E-state index in [4.69, 9.17) is 9.47 Å². The highest BCUT2D eigenvalue weighted by atomic mass is 16.5. The Balaban J connectivity index is 1.42. The maximum absolute atomic E-state index is 12.6. The van der Waals surface area contributed by atoms with Crippen LogP contribution in [-0.4, -0.2) is 35.2 Å². The van der Waals surface area contributed by atoms with Crippen molar-refractivity contribution < 1.29 is 14.3 Å². The van der Waals surface area contributed by atoms with Crippen LogP contribution >= 0.6 is 0 Å². The molecule has 4 rings (SSSR count). The van der Waals surface area contributed by atoms with Gasteiger partial charge in [-0.2, -0.15) is 0 Å². The van der Waals surface area contributed by atoms with Crippen LogP contribution in [0.5, 0.6) is 11.5 Å². The lowest BCUT2D eigenvalue weighted by Gasteiger charge is -2.18. The van der Waals surface area contributed by atoms with Gasteiger partial charge in [0.15, 0.2) is 0 Å². The third kappa shape index (κ3) is 3.58. The number of ether oxygens (including phenoxy) is 2. The molecule has 1 amide bonds. The van der Waals surface area contributed by atoms with E-state index in [-0.39, 0.29) is 12.5 Å². The first-order valence-electron chi connectivity index (χ1n) is 9.46. The summed E-state index contributed by atoms with van der Waals surface area (Å²) in [5.41, 5.74) is 3.51. The highest BCUT2D eigenvalue weighted by Gasteiger charge is 2.18. The summed E-state index contributed by atoms with van der Waals surface area (Å²) in [4.78, 5) is 17.1. The van der Waals surface area contributed by atoms with Gasteiger partial charge in [0, 0.05) is 18.7 Å². The summed E-state index contributed by atoms with van der Waals surface area (Å²) >= 11 is 0. The Morgan fingerprint density at radius 3 is 3.00 bits per heavy atom. The van der Waals surface area contributed by atoms with Gasteiger partial charge in [-0.3, -0.25) is 4.79 Å². The fourth-order valence-electron chi connectivity index (χ4n) is 3.42. The molecular weight excluding hydrogens is 354 g/mol. The molecule has 28 heavy (non-hydrogen) atoms. The Morgan fingerprint density at radius 1 is 1.29 bits per heavy atom. The Hall–Kier alpha value is -3.28. The van der Waals surface area contributed by atoms with Gasteiger partial charge in [-0.25, -0.2) is 4.98 Å². The number of amides is 1. The Morgan fingerprint density at radius 2 is 2.14 bits per heavy atom. The van der Waals surface area contributed by atoms with Crippen LogP contribution in [0.1, 0.15) is 18.3 Å². The van der Waals surface area contributed by atoms with Crippen molar-refractivity contribution in [3.63, 3.8) is 0 Å². The first-order chi connectivity index (χ1) is 13.7. The number of nitrogens with one attached hydrogen (secondary N) is 1. The van der Waals surface area contributed by atoms with Crippen LogP contribution in [0.15, 0.2) is 48.0 Å². The molecule has 1 aromatic heterocycles. The zero-order chi connectivity index (χ0) is 19.5. The van der Waals surface area contributed by atoms with E-state index < -0.39 is 0 Å². The standard InChI is InChI=1S/C22H23N3O3/c1-3-27-18-8-9-21-16(13-18)12-17(14-28-21)22(26)23-10-11-25-15(2)24-19-6-4-5-7-20(19)25/h4-9,12-13H,3,10-11,14H2,1-2H3,(H,23,26). The maximum atomic E-state index is 12.6. The van der Waals surface area contributed by atoms with Crippen molar-refractivity contribution in [2.75, 3.05) is 19.8 Å². The van der Waals surface area contributed by atoms with Gasteiger partial charge in [0.25, 0.3) is 5.91 Å². The minimum Gasteiger partial charge on any atom is -0.494 e. The number of nitrogens with zero attached hydrogens (tertiary/aromatic N) is 2. The van der Waals surface area contributed by atoms with Gasteiger partial charge in [0.05, 0.1) is 23.2 Å². The molecule has 0 unspecified atom stereocenters. The van der Waals surface area contributed by atoms with Gasteiger partial charge < -0.3 is 19.4 Å². The number of hydrogen-bond acceptors (Lipinski definition) is 4. The number of carbonyl (C=O) groups is 1. The second kappa shape index (κ2) is 7.76. The molecule has 0 bridgehead atoms. The number of benzene rings is 2. The first kappa shape index (κ1) is 18.1. The summed E-state index contributed by atoms with van der Waals surface area (Å²) in [5.74, 6) is 2.35. The molecule has 2 aromatic carbocycles. The third-order valence-electron chi connectivity index (χ3n) is 4.76. The van der Waals surface area contributed by atoms with Crippen LogP contribution in [0, 0.1) is 6.92 Å². The van der Waals surface area contributed by atoms with Gasteiger partial charge >= 0.3 is 0 Å². The summed E-state index contributed by atoms with van der Waals surface area (Å²) in [5, 5.41) is 2.99. The summed E-state index contributed by atoms with van der Waals surface area (Å²) < 4.78 is 13.4. The molecule has 0 radical (unpaired) electrons. The van der Waals surface area contributed by atoms with Crippen molar-refractivity contribution in [3.8, 4) is 11.5 Å². The number of imidazole rings is 1. The Kier molecular flexibility index (Phi) is 5.02. The van der Waals surface area contributed by atoms with E-state index in [0.717, 1.165) is 33.9 Å². The van der Waals surface area contributed by atoms with Crippen molar-refractivity contribution in [2.24, 2.45) is 0 Å². The smallest absolute Gasteiger partial charge is 0.250 e. The molecule has 0 aliphatic carbocycles. The zero-order valence-electron chi connectivity index (χ0n) is 16.1. The van der Waals surface area contributed by atoms with Gasteiger partial charge in [-0.1, -0.05) is 12.1 Å². The largest absolute Gasteiger partial charge is 0.494 e. The lowest BCUT2D eigenvalue weighted by molar-refractivity contribution is -0.117. The lowest BCUT2D eigenvalue weighted by Crippen LogP contribution is -2.31. The Bertz CT molecular complexity index is 1050. The van der Waals surface area contributed by atoms with Gasteiger partial charge in [0.1, 0.15) is 23.9 Å². The van der Waals surface area contributed by atoms with Gasteiger partial charge in [0.2, 0.25) is 0 Å². The molecule has 0 atom stereocenters. The van der Waals surface area contributed by atoms with Crippen LogP contribution < -0.4 is 14.8 Å². The summed E-state index contributed by atoms with van der Waals surface area (Å²) in [6.07, 6.45) is 1.87. The fraction of sp³-hybridized carbons (Fsp3) is 0.273. The molecule has 0 saturated heterocycles. The van der Waals surface area contributed by atoms with Crippen molar-refractivity contribution in [1.82, 2.24) is 14.9 Å². The third-order valence-corrected chi connectivity index (χ3v) is 4.76. The van der Waals surface area contributed by atoms with Crippen LogP contribution in [0.4, 0.5) is 0 Å². The predicted octanol–water partition coefficient (Wildman–Crippen LogP) is 3.34. The molecule has 0 spiro atoms. The van der Waals surface area contributed by atoms with Crippen LogP contribution in [-0.2, 0) is 11.3 Å². The molecule has 144 valence electrons. The molecule has 6 nitrogen and oxygen atoms in total. The highest BCUT2D eigenvalue weighted by molar-refractivity contribution is 5.99. The van der Waals surface area contributed by atoms with Crippen LogP contribution in [0.2, 0.25) is 0 Å². The topological polar surface area (TPSA) is 65.4 Å². The van der Waals surface area contributed by atoms with E-state index in [1.807, 2.05) is 62.4 Å². The number of hydrogen-bond donors (Lipinski definition) is 1. The fourth-order valence-corrected chi connectivity index (χ4v) is 3.42. The van der Waals surface area contributed by atoms with E-state index in [2.05, 4.69) is 14.9 Å². The van der Waals surface area contributed by atoms with Crippen LogP contribution in [0.3, 0.4) is 0 Å². The zero-order valence-corrected chi connectivity index (χ0v) is 16.1. The molecule has 3 aromatic rings. The number of aryl methyl sites for hydroxylation is 1. The number of carbonyl (C=O) groups excluding carboxylic acids is 1. The van der Waals surface area contributed by atoms with Crippen molar-refractivity contribution in [1.29, 1.82) is 0 Å². The molecule has 2 heterocycles. The minimum absolute atomic E-state index is 0.116. The second-order valence-corrected chi connectivity index (χ2v) is 6.65. The SMILES string of the molecule is CCOc1ccc2c(c1)C=C(C(=O)NCCn1c(C)nc3ccccc31)CO2. The monoisotopic (exact) mass is 377 g/mol. The molecule has 1 aliphatic rings. The van der Waals surface area contributed by atoms with Crippen molar-refractivity contribution in [2.45, 2.75) is 20.4 Å². The molecule has 0 fully saturated rings. The van der Waals surface area contributed by atoms with E-state index in [0.29, 0.717) is 25.3 Å². The van der Waals surface area contributed by atoms with Crippen molar-refractivity contribution in [3.05, 3.63) is 59.4 Å². The van der Waals surface area contributed by atoms with E-state index in [1.54, 1.807) is 0 Å². The first-order valence-corrected chi connectivity index (χ1v) is 9.46. The van der Waals surface area contributed by atoms with Crippen LogP contribution in [0.25, 0.3) is 17.1 Å². The molecule has 6 heteroatoms. The molecule has 1 N–H and O–H groups in total. The quantitative estimate of drug-likeness (QED) is 0.716. The molecular formula is C22H23N3O3. The summed E-state index contributed by atoms with van der Waals surface area (Å²) in [6.45, 7) is 5.96. The van der Waals surface area contributed by atoms with E-state index in [9.17, 15) is 4.79 Å². The van der Waals surface area contributed by atoms with Gasteiger partial charge in [-0.05, 0) is 50.3 Å². The molecule has 0 saturated carbocycles. The highest BCUT2D eigenvalue weighted by Crippen LogP contribution is 2.30. The number of para-hydroxylation sites is 2. The summed E-state index contributed by atoms with van der Waals surface area (Å²) in [7, 11) is 0. The molecule has 1 aliphatic heterocycles. The summed E-state index contributed by atoms with van der Waals surface area (Å²) in [6, 6.07) is 13.7. The number of aromatic nitrogens is 2. The number of fused-ring (bicyclic) bond motifs is 2. The lowest BCUT2D eigenvalue weighted by atomic mass is 10.1. The number of rotatable bonds is 6. The normalized spacial score (nSPS) is 12.9. The average Bonchev–Trinajstić information content (AvgIpc) is 3.03. The van der Waals surface area contributed by atoms with E-state index >= 15 is 0 Å². The second-order valence-electron chi connectivity index (χ2n) is 6.65. The Labute approximate surface area is 163 Å². The predicted molar refractivity (Wildman–Crippen MR) is 109 cm³/mol. The van der Waals surface area contributed by atoms with Crippen molar-refractivity contribution >= 4 is 23.0 Å². The average molecular weight is 377 g/mol. The van der Waals surface area contributed by atoms with E-state index in [1.165, 1.54) is 0 Å². The van der Waals surface area contributed by atoms with Gasteiger partial charge in [-0.15, -0.1) is 0 Å². The minimum atomic E-state index is -0.116.